The third-order valence-corrected chi connectivity index (χ3v) is 16.1. The summed E-state index contributed by atoms with van der Waals surface area (Å²) < 4.78 is 12.8. The highest BCUT2D eigenvalue weighted by Crippen LogP contribution is 2.51. The van der Waals surface area contributed by atoms with Gasteiger partial charge in [-0.1, -0.05) is 279 Å². The van der Waals surface area contributed by atoms with Crippen molar-refractivity contribution in [3.05, 3.63) is 381 Å². The van der Waals surface area contributed by atoms with E-state index in [4.69, 9.17) is 19.5 Å². The van der Waals surface area contributed by atoms with Crippen LogP contribution in [0.4, 0.5) is 11.4 Å². The average molecular weight is 1060 g/mol. The second-order valence-corrected chi connectivity index (χ2v) is 21.0. The molecule has 1 aliphatic carbocycles. The van der Waals surface area contributed by atoms with Crippen molar-refractivity contribution in [2.45, 2.75) is 23.7 Å². The summed E-state index contributed by atoms with van der Waals surface area (Å²) in [5.74, 6) is 0.550. The lowest BCUT2D eigenvalue weighted by atomic mass is 9.78. The van der Waals surface area contributed by atoms with Crippen molar-refractivity contribution in [1.82, 2.24) is 0 Å². The first kappa shape index (κ1) is 51.3. The number of hydrogen-bond donors (Lipinski definition) is 0. The molecule has 0 saturated heterocycles. The maximum absolute atomic E-state index is 6.42. The van der Waals surface area contributed by atoms with Crippen molar-refractivity contribution in [2.75, 3.05) is 14.2 Å². The molecule has 0 bridgehead atoms. The second-order valence-electron chi connectivity index (χ2n) is 21.0. The van der Waals surface area contributed by atoms with Gasteiger partial charge in [-0.2, -0.15) is 0 Å². The van der Waals surface area contributed by atoms with E-state index in [2.05, 4.69) is 303 Å². The Kier molecular flexibility index (Phi) is 14.6. The summed E-state index contributed by atoms with van der Waals surface area (Å²) in [7, 11) is 3.54. The van der Waals surface area contributed by atoms with Crippen molar-refractivity contribution >= 4 is 33.6 Å². The fourth-order valence-electron chi connectivity index (χ4n) is 12.5. The van der Waals surface area contributed by atoms with E-state index in [0.717, 1.165) is 123 Å². The molecule has 12 aromatic carbocycles. The first-order valence-electron chi connectivity index (χ1n) is 28.2. The topological polar surface area (TPSA) is 43.2 Å². The summed E-state index contributed by atoms with van der Waals surface area (Å²) >= 11 is 0. The molecule has 1 aliphatic rings. The van der Waals surface area contributed by atoms with E-state index in [0.29, 0.717) is 0 Å². The van der Waals surface area contributed by atoms with Gasteiger partial charge in [0, 0.05) is 40.2 Å². The van der Waals surface area contributed by atoms with Crippen LogP contribution in [0.25, 0.3) is 10.8 Å². The van der Waals surface area contributed by atoms with Crippen LogP contribution in [0.3, 0.4) is 0 Å². The third kappa shape index (κ3) is 10.0. The summed E-state index contributed by atoms with van der Waals surface area (Å²) in [6.07, 6.45) is 0. The molecule has 0 aliphatic heterocycles. The van der Waals surface area contributed by atoms with Gasteiger partial charge in [0.2, 0.25) is 0 Å². The van der Waals surface area contributed by atoms with Gasteiger partial charge in [0.1, 0.15) is 11.5 Å². The van der Waals surface area contributed by atoms with E-state index in [1.807, 2.05) is 0 Å². The summed E-state index contributed by atoms with van der Waals surface area (Å²) in [5, 5.41) is 2.24. The Morgan fingerprint density at radius 1 is 0.256 bits per heavy atom. The normalized spacial score (nSPS) is 13.0. The molecule has 4 heteroatoms. The molecule has 0 radical (unpaired) electrons. The van der Waals surface area contributed by atoms with E-state index in [1.54, 1.807) is 14.2 Å². The highest BCUT2D eigenvalue weighted by molar-refractivity contribution is 6.61. The summed E-state index contributed by atoms with van der Waals surface area (Å²) in [6, 6.07) is 109. The molecule has 0 amide bonds. The predicted octanol–water partition coefficient (Wildman–Crippen LogP) is 18.8. The number of rotatable bonds is 16. The van der Waals surface area contributed by atoms with Crippen LogP contribution < -0.4 is 9.47 Å². The number of ether oxygens (including phenoxy) is 2. The van der Waals surface area contributed by atoms with Gasteiger partial charge in [-0.25, -0.2) is 9.98 Å². The van der Waals surface area contributed by atoms with E-state index in [1.165, 1.54) is 0 Å². The first-order chi connectivity index (χ1) is 40.6. The first-order valence-corrected chi connectivity index (χ1v) is 28.2. The SMILES string of the molecule is COc1cc(C(c2ccccc2)c2ccccc2)c(N=C2C(=Nc3c(C(c4ccccc4)c4ccccc4)cc(OC)cc3C(c3ccccc3)c3ccccc3)c3cccc4cccc2c34)c(C(c2ccccc2)c2ccccc2)c1. The molecule has 0 aromatic heterocycles. The molecule has 0 spiro atoms. The monoisotopic (exact) mass is 1060 g/mol. The number of methoxy groups -OCH3 is 2. The van der Waals surface area contributed by atoms with Gasteiger partial charge in [-0.05, 0) is 96.4 Å². The molecule has 0 fully saturated rings. The van der Waals surface area contributed by atoms with E-state index in [9.17, 15) is 0 Å². The Hall–Kier alpha value is -10.2. The van der Waals surface area contributed by atoms with Gasteiger partial charge in [0.05, 0.1) is 37.0 Å². The van der Waals surface area contributed by atoms with Gasteiger partial charge in [-0.3, -0.25) is 0 Å². The number of hydrogen-bond acceptors (Lipinski definition) is 4. The smallest absolute Gasteiger partial charge is 0.119 e. The van der Waals surface area contributed by atoms with Gasteiger partial charge < -0.3 is 9.47 Å². The highest BCUT2D eigenvalue weighted by atomic mass is 16.5. The van der Waals surface area contributed by atoms with E-state index >= 15 is 0 Å². The average Bonchev–Trinajstić information content (AvgIpc) is 4.08. The van der Waals surface area contributed by atoms with Crippen molar-refractivity contribution in [1.29, 1.82) is 0 Å². The lowest BCUT2D eigenvalue weighted by Gasteiger charge is -2.28. The van der Waals surface area contributed by atoms with Crippen LogP contribution in [0.1, 0.15) is 102 Å². The zero-order valence-corrected chi connectivity index (χ0v) is 45.9. The molecule has 82 heavy (non-hydrogen) atoms. The van der Waals surface area contributed by atoms with Crippen LogP contribution >= 0.6 is 0 Å². The minimum Gasteiger partial charge on any atom is -0.497 e. The molecule has 0 saturated carbocycles. The number of nitrogens with zero attached hydrogens (tertiary/aromatic N) is 2. The van der Waals surface area contributed by atoms with E-state index < -0.39 is 0 Å². The van der Waals surface area contributed by atoms with Crippen LogP contribution in [0.15, 0.2) is 313 Å². The quantitative estimate of drug-likeness (QED) is 0.0905. The zero-order chi connectivity index (χ0) is 55.2. The van der Waals surface area contributed by atoms with Gasteiger partial charge >= 0.3 is 0 Å². The van der Waals surface area contributed by atoms with Gasteiger partial charge in [0.15, 0.2) is 0 Å². The Bertz CT molecular complexity index is 3570. The Morgan fingerprint density at radius 2 is 0.476 bits per heavy atom. The summed E-state index contributed by atoms with van der Waals surface area (Å²) in [4.78, 5) is 12.6. The Balaban J connectivity index is 1.19. The maximum atomic E-state index is 6.42. The second kappa shape index (κ2) is 23.3. The molecule has 4 nitrogen and oxygen atoms in total. The molecular weight excluding hydrogens is 997 g/mol. The summed E-state index contributed by atoms with van der Waals surface area (Å²) in [6.45, 7) is 0. The third-order valence-electron chi connectivity index (χ3n) is 16.1. The minimum absolute atomic E-state index is 0.238. The molecule has 0 unspecified atom stereocenters. The van der Waals surface area contributed by atoms with Crippen LogP contribution in [0, 0.1) is 0 Å². The van der Waals surface area contributed by atoms with Crippen LogP contribution in [-0.4, -0.2) is 25.6 Å². The lowest BCUT2D eigenvalue weighted by molar-refractivity contribution is 0.413. The molecule has 394 valence electrons. The lowest BCUT2D eigenvalue weighted by Crippen LogP contribution is -2.15. The number of aliphatic imine (C=N–C) groups is 2. The molecule has 13 rings (SSSR count). The van der Waals surface area contributed by atoms with Crippen molar-refractivity contribution in [3.63, 3.8) is 0 Å². The van der Waals surface area contributed by atoms with Gasteiger partial charge in [0.25, 0.3) is 0 Å². The van der Waals surface area contributed by atoms with Crippen molar-refractivity contribution in [2.24, 2.45) is 9.98 Å². The van der Waals surface area contributed by atoms with Crippen LogP contribution in [0.2, 0.25) is 0 Å². The predicted molar refractivity (Wildman–Crippen MR) is 338 cm³/mol. The molecule has 0 N–H and O–H groups in total. The van der Waals surface area contributed by atoms with Gasteiger partial charge in [-0.15, -0.1) is 0 Å². The standard InChI is InChI=1S/C78H60N2O2/c1-81-62-49-66(70(53-29-11-3-12-30-53)54-31-13-4-14-32-54)75(67(50-62)71(55-33-15-5-16-34-55)56-35-17-6-18-36-56)79-77-64-47-27-45-61-46-28-48-65(74(61)64)78(77)80-76-68(72(57-37-19-7-20-38-57)58-39-21-8-22-40-58)51-63(82-2)52-69(76)73(59-41-23-9-24-42-59)60-43-25-10-26-44-60/h3-52,70-73H,1-2H3. The van der Waals surface area contributed by atoms with Crippen molar-refractivity contribution < 1.29 is 9.47 Å². The molecule has 0 heterocycles. The fraction of sp³-hybridized carbons (Fsp3) is 0.0769. The van der Waals surface area contributed by atoms with E-state index in [-0.39, 0.29) is 23.7 Å². The van der Waals surface area contributed by atoms with Crippen molar-refractivity contribution in [3.8, 4) is 11.5 Å². The molecule has 12 aromatic rings. The fourth-order valence-corrected chi connectivity index (χ4v) is 12.5. The Labute approximate surface area is 481 Å². The summed E-state index contributed by atoms with van der Waals surface area (Å²) in [5.41, 5.74) is 18.6. The van der Waals surface area contributed by atoms with Crippen LogP contribution in [-0.2, 0) is 0 Å². The number of benzene rings is 12. The Morgan fingerprint density at radius 3 is 0.683 bits per heavy atom. The largest absolute Gasteiger partial charge is 0.497 e. The minimum atomic E-state index is -0.238. The highest BCUT2D eigenvalue weighted by Gasteiger charge is 2.35. The molecular formula is C78H60N2O2. The zero-order valence-electron chi connectivity index (χ0n) is 45.9. The van der Waals surface area contributed by atoms with Crippen LogP contribution in [0.5, 0.6) is 11.5 Å². The maximum Gasteiger partial charge on any atom is 0.119 e. The molecule has 0 atom stereocenters.